The van der Waals surface area contributed by atoms with Crippen LogP contribution in [0.15, 0.2) is 122 Å². The Morgan fingerprint density at radius 2 is 0.632 bits per heavy atom. The van der Waals surface area contributed by atoms with Crippen molar-refractivity contribution in [3.63, 3.8) is 0 Å². The Morgan fingerprint density at radius 3 is 0.956 bits per heavy atom. The van der Waals surface area contributed by atoms with Crippen molar-refractivity contribution in [1.29, 1.82) is 0 Å². The molecule has 0 bridgehead atoms. The highest BCUT2D eigenvalue weighted by Gasteiger charge is 2.16. The zero-order chi connectivity index (χ0) is 49.2. The van der Waals surface area contributed by atoms with Gasteiger partial charge in [0.2, 0.25) is 0 Å². The molecule has 0 amide bonds. The molecule has 0 aromatic carbocycles. The molecule has 386 valence electrons. The second kappa shape index (κ2) is 57.6. The van der Waals surface area contributed by atoms with Crippen LogP contribution in [-0.2, 0) is 19.1 Å². The van der Waals surface area contributed by atoms with Gasteiger partial charge in [0.05, 0.1) is 6.61 Å². The Kier molecular flexibility index (Phi) is 54.5. The number of aliphatic hydroxyl groups is 1. The Hall–Kier alpha value is -3.70. The summed E-state index contributed by atoms with van der Waals surface area (Å²) in [5.74, 6) is -0.610. The molecule has 1 N–H and O–H groups in total. The van der Waals surface area contributed by atoms with Gasteiger partial charge in [0.1, 0.15) is 6.61 Å². The average Bonchev–Trinajstić information content (AvgIpc) is 3.34. The third-order valence-corrected chi connectivity index (χ3v) is 11.7. The Bertz CT molecular complexity index is 1390. The molecule has 0 heterocycles. The molecule has 0 radical (unpaired) electrons. The zero-order valence-electron chi connectivity index (χ0n) is 44.1. The van der Waals surface area contributed by atoms with E-state index in [1.807, 2.05) is 0 Å². The minimum Gasteiger partial charge on any atom is -0.462 e. The molecule has 1 unspecified atom stereocenters. The second-order valence-corrected chi connectivity index (χ2v) is 18.3. The summed E-state index contributed by atoms with van der Waals surface area (Å²) in [4.78, 5) is 24.4. The monoisotopic (exact) mass is 941 g/mol. The summed E-state index contributed by atoms with van der Waals surface area (Å²) in [5.41, 5.74) is 0. The maximum atomic E-state index is 12.3. The van der Waals surface area contributed by atoms with E-state index >= 15 is 0 Å². The van der Waals surface area contributed by atoms with Crippen molar-refractivity contribution in [1.82, 2.24) is 0 Å². The van der Waals surface area contributed by atoms with Crippen LogP contribution in [0.2, 0.25) is 0 Å². The first kappa shape index (κ1) is 64.3. The maximum Gasteiger partial charge on any atom is 0.306 e. The van der Waals surface area contributed by atoms with Crippen LogP contribution in [0.5, 0.6) is 0 Å². The van der Waals surface area contributed by atoms with Gasteiger partial charge in [-0.15, -0.1) is 0 Å². The van der Waals surface area contributed by atoms with Gasteiger partial charge < -0.3 is 14.6 Å². The van der Waals surface area contributed by atoms with Crippen molar-refractivity contribution in [3.8, 4) is 0 Å². The van der Waals surface area contributed by atoms with Crippen molar-refractivity contribution in [2.24, 2.45) is 0 Å². The van der Waals surface area contributed by atoms with Crippen LogP contribution in [-0.4, -0.2) is 36.4 Å². The summed E-state index contributed by atoms with van der Waals surface area (Å²) < 4.78 is 10.7. The third-order valence-electron chi connectivity index (χ3n) is 11.7. The second-order valence-electron chi connectivity index (χ2n) is 18.3. The number of carbonyl (C=O) groups is 2. The summed E-state index contributed by atoms with van der Waals surface area (Å²) in [6, 6.07) is 0. The summed E-state index contributed by atoms with van der Waals surface area (Å²) in [7, 11) is 0. The molecule has 0 aliphatic carbocycles. The predicted molar refractivity (Wildman–Crippen MR) is 297 cm³/mol. The van der Waals surface area contributed by atoms with Gasteiger partial charge in [0.25, 0.3) is 0 Å². The number of carbonyl (C=O) groups excluding carboxylic acids is 2. The lowest BCUT2D eigenvalue weighted by molar-refractivity contribution is -0.161. The summed E-state index contributed by atoms with van der Waals surface area (Å²) in [5, 5.41) is 9.63. The molecule has 68 heavy (non-hydrogen) atoms. The molecule has 0 aliphatic heterocycles. The van der Waals surface area contributed by atoms with Gasteiger partial charge in [-0.3, -0.25) is 9.59 Å². The fourth-order valence-electron chi connectivity index (χ4n) is 7.54. The minimum absolute atomic E-state index is 0.0774. The highest BCUT2D eigenvalue weighted by Crippen LogP contribution is 2.15. The number of esters is 2. The normalized spacial score (nSPS) is 13.2. The van der Waals surface area contributed by atoms with Gasteiger partial charge in [-0.2, -0.15) is 0 Å². The smallest absolute Gasteiger partial charge is 0.306 e. The van der Waals surface area contributed by atoms with Crippen LogP contribution in [0.25, 0.3) is 0 Å². The molecule has 5 nitrogen and oxygen atoms in total. The van der Waals surface area contributed by atoms with Crippen LogP contribution in [0.3, 0.4) is 0 Å². The number of unbranched alkanes of at least 4 members (excludes halogenated alkanes) is 22. The van der Waals surface area contributed by atoms with Crippen molar-refractivity contribution in [2.75, 3.05) is 13.2 Å². The molecule has 0 fully saturated rings. The molecule has 0 aromatic heterocycles. The molecule has 0 saturated heterocycles. The zero-order valence-corrected chi connectivity index (χ0v) is 44.1. The van der Waals surface area contributed by atoms with Crippen molar-refractivity contribution in [2.45, 2.75) is 251 Å². The van der Waals surface area contributed by atoms with Gasteiger partial charge >= 0.3 is 11.9 Å². The van der Waals surface area contributed by atoms with E-state index in [-0.39, 0.29) is 25.2 Å². The van der Waals surface area contributed by atoms with E-state index in [9.17, 15) is 14.7 Å². The van der Waals surface area contributed by atoms with Gasteiger partial charge in [0, 0.05) is 12.8 Å². The fraction of sp³-hybridized carbons (Fsp3) is 0.651. The lowest BCUT2D eigenvalue weighted by atomic mass is 10.0. The van der Waals surface area contributed by atoms with E-state index in [1.54, 1.807) is 0 Å². The molecule has 0 aliphatic rings. The SMILES string of the molecule is CC/C=C\C/C=C\C/C=C\C/C=C\C/C=C\C/C=C\C/C=C\C/C=C\CCCCCCCCCCCCCCCCC(=O)OC(CO)COC(=O)CCCCCCC/C=C\C/C=C\CCCCC. The molecule has 0 spiro atoms. The first-order valence-corrected chi connectivity index (χ1v) is 28.1. The number of hydrogen-bond acceptors (Lipinski definition) is 5. The Balaban J connectivity index is 3.53. The average molecular weight is 942 g/mol. The number of rotatable bonds is 50. The predicted octanol–water partition coefficient (Wildman–Crippen LogP) is 19.1. The van der Waals surface area contributed by atoms with Crippen molar-refractivity contribution >= 4 is 11.9 Å². The summed E-state index contributed by atoms with van der Waals surface area (Å²) >= 11 is 0. The highest BCUT2D eigenvalue weighted by molar-refractivity contribution is 5.70. The largest absolute Gasteiger partial charge is 0.462 e. The number of hydrogen-bond donors (Lipinski definition) is 1. The number of aliphatic hydroxyl groups excluding tert-OH is 1. The van der Waals surface area contributed by atoms with Gasteiger partial charge in [-0.05, 0) is 109 Å². The van der Waals surface area contributed by atoms with Crippen molar-refractivity contribution < 1.29 is 24.2 Å². The molecule has 5 heteroatoms. The van der Waals surface area contributed by atoms with Crippen LogP contribution < -0.4 is 0 Å². The lowest BCUT2D eigenvalue weighted by Gasteiger charge is -2.15. The van der Waals surface area contributed by atoms with E-state index in [0.29, 0.717) is 12.8 Å². The summed E-state index contributed by atoms with van der Waals surface area (Å²) in [6.45, 7) is 3.99. The first-order valence-electron chi connectivity index (χ1n) is 28.1. The number of allylic oxidation sites excluding steroid dienone is 20. The van der Waals surface area contributed by atoms with Crippen LogP contribution >= 0.6 is 0 Å². The standard InChI is InChI=1S/C63H104O5/c1-3-5-7-9-11-13-15-17-19-20-21-22-23-24-25-26-27-28-29-30-31-32-33-34-35-36-37-38-39-40-41-42-44-46-48-50-52-54-56-58-63(66)68-61(59-64)60-67-62(65)57-55-53-51-49-47-45-43-18-16-14-12-10-8-6-4-2/h5,7,11-14,17-19,21-22,24-25,27-28,30-31,33-34,43,61,64H,3-4,6,8-10,15-16,20,23,26,29,32,35-42,44-60H2,1-2H3/b7-5-,13-11-,14-12-,19-17-,22-21-,25-24-,28-27-,31-30-,34-33-,43-18-. The first-order chi connectivity index (χ1) is 33.6. The van der Waals surface area contributed by atoms with Gasteiger partial charge in [-0.1, -0.05) is 245 Å². The number of ether oxygens (including phenoxy) is 2. The minimum atomic E-state index is -0.784. The van der Waals surface area contributed by atoms with Crippen molar-refractivity contribution in [3.05, 3.63) is 122 Å². The van der Waals surface area contributed by atoms with Crippen LogP contribution in [0.1, 0.15) is 245 Å². The van der Waals surface area contributed by atoms with Crippen LogP contribution in [0.4, 0.5) is 0 Å². The van der Waals surface area contributed by atoms with Gasteiger partial charge in [-0.25, -0.2) is 0 Å². The molecular weight excluding hydrogens is 837 g/mol. The fourth-order valence-corrected chi connectivity index (χ4v) is 7.54. The Morgan fingerprint density at radius 1 is 0.353 bits per heavy atom. The molecular formula is C63H104O5. The highest BCUT2D eigenvalue weighted by atomic mass is 16.6. The van der Waals surface area contributed by atoms with E-state index < -0.39 is 6.10 Å². The Labute approximate surface area is 420 Å². The van der Waals surface area contributed by atoms with E-state index in [4.69, 9.17) is 9.47 Å². The van der Waals surface area contributed by atoms with E-state index in [1.165, 1.54) is 116 Å². The summed E-state index contributed by atoms with van der Waals surface area (Å²) in [6.07, 6.45) is 84.6. The third kappa shape index (κ3) is 54.9. The quantitative estimate of drug-likeness (QED) is 0.0374. The lowest BCUT2D eigenvalue weighted by Crippen LogP contribution is -2.28. The molecule has 0 aromatic rings. The van der Waals surface area contributed by atoms with E-state index in [2.05, 4.69) is 135 Å². The van der Waals surface area contributed by atoms with Crippen LogP contribution in [0, 0.1) is 0 Å². The van der Waals surface area contributed by atoms with E-state index in [0.717, 1.165) is 103 Å². The molecule has 0 saturated carbocycles. The maximum absolute atomic E-state index is 12.3. The van der Waals surface area contributed by atoms with Gasteiger partial charge in [0.15, 0.2) is 6.10 Å². The topological polar surface area (TPSA) is 72.8 Å². The molecule has 1 atom stereocenters. The molecule has 0 rings (SSSR count).